The van der Waals surface area contributed by atoms with Crippen LogP contribution in [-0.4, -0.2) is 41.8 Å². The number of imidazole rings is 1. The second-order valence-corrected chi connectivity index (χ2v) is 7.21. The van der Waals surface area contributed by atoms with Crippen LogP contribution in [0.4, 0.5) is 5.69 Å². The molecule has 28 heavy (non-hydrogen) atoms. The van der Waals surface area contributed by atoms with Gasteiger partial charge in [-0.15, -0.1) is 0 Å². The fourth-order valence-corrected chi connectivity index (χ4v) is 3.68. The van der Waals surface area contributed by atoms with Crippen molar-refractivity contribution in [3.05, 3.63) is 42.5 Å². The molecular weight excluding hydrogens is 354 g/mol. The highest BCUT2D eigenvalue weighted by Gasteiger charge is 2.29. The topological polar surface area (TPSA) is 56.6 Å². The van der Waals surface area contributed by atoms with Gasteiger partial charge in [-0.05, 0) is 43.5 Å². The number of hydrogen-bond donors (Lipinski definition) is 0. The third kappa shape index (κ3) is 5.27. The Labute approximate surface area is 167 Å². The lowest BCUT2D eigenvalue weighted by molar-refractivity contribution is -0.142. The summed E-state index contributed by atoms with van der Waals surface area (Å²) in [5.41, 5.74) is 2.53. The molecule has 0 bridgehead atoms. The summed E-state index contributed by atoms with van der Waals surface area (Å²) in [6.07, 6.45) is 9.30. The number of nitrogens with zero attached hydrogens (tertiary/aromatic N) is 3. The Morgan fingerprint density at radius 2 is 2.18 bits per heavy atom. The molecule has 1 aromatic carbocycles. The summed E-state index contributed by atoms with van der Waals surface area (Å²) in [5.74, 6) is 1.21. The van der Waals surface area contributed by atoms with Crippen molar-refractivity contribution in [1.29, 1.82) is 0 Å². The van der Waals surface area contributed by atoms with E-state index < -0.39 is 0 Å². The van der Waals surface area contributed by atoms with E-state index in [0.717, 1.165) is 44.7 Å². The maximum absolute atomic E-state index is 11.8. The summed E-state index contributed by atoms with van der Waals surface area (Å²) in [5, 5.41) is 0. The minimum atomic E-state index is -0.134. The molecule has 1 unspecified atom stereocenters. The first-order valence-electron chi connectivity index (χ1n) is 10.3. The van der Waals surface area contributed by atoms with Crippen LogP contribution < -0.4 is 9.64 Å². The number of anilines is 1. The van der Waals surface area contributed by atoms with E-state index in [1.165, 1.54) is 11.3 Å². The lowest BCUT2D eigenvalue weighted by atomic mass is 9.97. The lowest BCUT2D eigenvalue weighted by Crippen LogP contribution is -2.25. The highest BCUT2D eigenvalue weighted by atomic mass is 16.5. The summed E-state index contributed by atoms with van der Waals surface area (Å²) in [6.45, 7) is 7.72. The van der Waals surface area contributed by atoms with E-state index in [9.17, 15) is 4.79 Å². The maximum Gasteiger partial charge on any atom is 0.307 e. The van der Waals surface area contributed by atoms with Crippen LogP contribution in [-0.2, 0) is 16.1 Å². The van der Waals surface area contributed by atoms with Gasteiger partial charge < -0.3 is 18.9 Å². The molecule has 0 aliphatic carbocycles. The summed E-state index contributed by atoms with van der Waals surface area (Å²) in [6, 6.07) is 6.37. The third-order valence-electron chi connectivity index (χ3n) is 5.17. The molecule has 0 N–H and O–H groups in total. The van der Waals surface area contributed by atoms with Crippen molar-refractivity contribution < 1.29 is 14.3 Å². The van der Waals surface area contributed by atoms with Gasteiger partial charge in [-0.1, -0.05) is 13.3 Å². The second kappa shape index (κ2) is 10.2. The monoisotopic (exact) mass is 385 g/mol. The van der Waals surface area contributed by atoms with Crippen LogP contribution in [0.15, 0.2) is 36.9 Å². The molecule has 1 aromatic heterocycles. The molecule has 6 heteroatoms. The van der Waals surface area contributed by atoms with Gasteiger partial charge in [-0.25, -0.2) is 4.98 Å². The fourth-order valence-electron chi connectivity index (χ4n) is 3.68. The summed E-state index contributed by atoms with van der Waals surface area (Å²) >= 11 is 0. The zero-order chi connectivity index (χ0) is 19.8. The highest BCUT2D eigenvalue weighted by Crippen LogP contribution is 2.40. The van der Waals surface area contributed by atoms with Crippen molar-refractivity contribution in [2.75, 3.05) is 31.2 Å². The minimum Gasteiger partial charge on any atom is -0.494 e. The number of ether oxygens (including phenoxy) is 2. The Morgan fingerprint density at radius 1 is 1.29 bits per heavy atom. The molecule has 0 saturated heterocycles. The van der Waals surface area contributed by atoms with Crippen LogP contribution in [0.1, 0.15) is 51.0 Å². The van der Waals surface area contributed by atoms with E-state index in [1.54, 1.807) is 0 Å². The molecule has 3 rings (SSSR count). The van der Waals surface area contributed by atoms with Gasteiger partial charge in [0.2, 0.25) is 0 Å². The molecule has 0 amide bonds. The number of benzene rings is 1. The molecule has 1 aliphatic rings. The Bertz CT molecular complexity index is 745. The van der Waals surface area contributed by atoms with Crippen LogP contribution in [0.3, 0.4) is 0 Å². The number of unbranched alkanes of at least 4 members (excludes halogenated alkanes) is 1. The number of esters is 1. The van der Waals surface area contributed by atoms with Crippen LogP contribution in [0.2, 0.25) is 0 Å². The van der Waals surface area contributed by atoms with Crippen molar-refractivity contribution in [2.24, 2.45) is 0 Å². The zero-order valence-electron chi connectivity index (χ0n) is 17.0. The SMILES string of the molecule is CCCCOc1ccc2c(c1)C(CCn1ccnc1)CN2CCC(=O)OCC. The Morgan fingerprint density at radius 3 is 2.93 bits per heavy atom. The third-order valence-corrected chi connectivity index (χ3v) is 5.17. The molecule has 2 aromatic rings. The number of aryl methyl sites for hydroxylation is 1. The molecule has 1 aliphatic heterocycles. The van der Waals surface area contributed by atoms with Gasteiger partial charge in [0, 0.05) is 43.6 Å². The smallest absolute Gasteiger partial charge is 0.307 e. The summed E-state index contributed by atoms with van der Waals surface area (Å²) in [4.78, 5) is 18.2. The fraction of sp³-hybridized carbons (Fsp3) is 0.545. The van der Waals surface area contributed by atoms with Crippen molar-refractivity contribution in [3.63, 3.8) is 0 Å². The van der Waals surface area contributed by atoms with Crippen molar-refractivity contribution in [2.45, 2.75) is 52.0 Å². The quantitative estimate of drug-likeness (QED) is 0.432. The Balaban J connectivity index is 1.70. The van der Waals surface area contributed by atoms with Gasteiger partial charge in [-0.2, -0.15) is 0 Å². The normalized spacial score (nSPS) is 15.5. The van der Waals surface area contributed by atoms with Crippen LogP contribution >= 0.6 is 0 Å². The van der Waals surface area contributed by atoms with E-state index in [-0.39, 0.29) is 5.97 Å². The molecule has 0 spiro atoms. The lowest BCUT2D eigenvalue weighted by Gasteiger charge is -2.19. The summed E-state index contributed by atoms with van der Waals surface area (Å²) in [7, 11) is 0. The van der Waals surface area contributed by atoms with E-state index in [4.69, 9.17) is 9.47 Å². The molecule has 0 fully saturated rings. The van der Waals surface area contributed by atoms with Gasteiger partial charge in [0.15, 0.2) is 0 Å². The standard InChI is InChI=1S/C22H31N3O3/c1-3-5-14-28-19-6-7-21-20(15-19)18(8-11-24-13-10-23-17-24)16-25(21)12-9-22(26)27-4-2/h6-7,10,13,15,17-18H,3-5,8-9,11-12,14,16H2,1-2H3. The van der Waals surface area contributed by atoms with E-state index in [1.807, 2.05) is 31.7 Å². The van der Waals surface area contributed by atoms with Gasteiger partial charge >= 0.3 is 5.97 Å². The number of carbonyl (C=O) groups is 1. The number of carbonyl (C=O) groups excluding carboxylic acids is 1. The first-order valence-corrected chi connectivity index (χ1v) is 10.3. The van der Waals surface area contributed by atoms with E-state index >= 15 is 0 Å². The average molecular weight is 386 g/mol. The molecule has 6 nitrogen and oxygen atoms in total. The van der Waals surface area contributed by atoms with Crippen molar-refractivity contribution in [3.8, 4) is 5.75 Å². The van der Waals surface area contributed by atoms with Crippen LogP contribution in [0.25, 0.3) is 0 Å². The van der Waals surface area contributed by atoms with Crippen molar-refractivity contribution >= 4 is 11.7 Å². The largest absolute Gasteiger partial charge is 0.494 e. The van der Waals surface area contributed by atoms with Crippen molar-refractivity contribution in [1.82, 2.24) is 9.55 Å². The van der Waals surface area contributed by atoms with Crippen LogP contribution in [0, 0.1) is 0 Å². The Kier molecular flexibility index (Phi) is 7.34. The predicted molar refractivity (Wildman–Crippen MR) is 110 cm³/mol. The summed E-state index contributed by atoms with van der Waals surface area (Å²) < 4.78 is 13.1. The van der Waals surface area contributed by atoms with Gasteiger partial charge in [0.25, 0.3) is 0 Å². The number of rotatable bonds is 11. The zero-order valence-corrected chi connectivity index (χ0v) is 17.0. The predicted octanol–water partition coefficient (Wildman–Crippen LogP) is 4.01. The van der Waals surface area contributed by atoms with Crippen LogP contribution in [0.5, 0.6) is 5.75 Å². The number of fused-ring (bicyclic) bond motifs is 1. The maximum atomic E-state index is 11.8. The molecule has 2 heterocycles. The molecular formula is C22H31N3O3. The first-order chi connectivity index (χ1) is 13.7. The highest BCUT2D eigenvalue weighted by molar-refractivity contribution is 5.71. The van der Waals surface area contributed by atoms with Gasteiger partial charge in [0.05, 0.1) is 26.0 Å². The number of hydrogen-bond acceptors (Lipinski definition) is 5. The van der Waals surface area contributed by atoms with Gasteiger partial charge in [-0.3, -0.25) is 4.79 Å². The first kappa shape index (κ1) is 20.2. The molecule has 0 saturated carbocycles. The average Bonchev–Trinajstić information content (AvgIpc) is 3.33. The second-order valence-electron chi connectivity index (χ2n) is 7.21. The molecule has 152 valence electrons. The van der Waals surface area contributed by atoms with E-state index in [0.29, 0.717) is 25.5 Å². The van der Waals surface area contributed by atoms with E-state index in [2.05, 4.69) is 33.5 Å². The molecule has 1 atom stereocenters. The van der Waals surface area contributed by atoms with Gasteiger partial charge in [0.1, 0.15) is 5.75 Å². The minimum absolute atomic E-state index is 0.134. The Hall–Kier alpha value is -2.50. The number of aromatic nitrogens is 2. The molecule has 0 radical (unpaired) electrons.